The number of benzene rings is 1. The number of esters is 1. The highest BCUT2D eigenvalue weighted by Gasteiger charge is 2.07. The number of halogens is 1. The van der Waals surface area contributed by atoms with E-state index in [1.54, 1.807) is 13.2 Å². The van der Waals surface area contributed by atoms with Gasteiger partial charge in [0.2, 0.25) is 0 Å². The van der Waals surface area contributed by atoms with E-state index in [9.17, 15) is 4.79 Å². The molecule has 0 aliphatic heterocycles. The fraction of sp³-hybridized carbons (Fsp3) is 0.400. The third-order valence-electron chi connectivity index (χ3n) is 2.53. The van der Waals surface area contributed by atoms with Crippen LogP contribution >= 0.6 is 11.6 Å². The molecule has 0 spiro atoms. The van der Waals surface area contributed by atoms with Crippen LogP contribution in [0.3, 0.4) is 0 Å². The Labute approximate surface area is 119 Å². The minimum absolute atomic E-state index is 0.432. The summed E-state index contributed by atoms with van der Waals surface area (Å²) < 4.78 is 10.1. The molecule has 104 valence electrons. The number of rotatable bonds is 7. The average Bonchev–Trinajstić information content (AvgIpc) is 2.43. The molecule has 0 fully saturated rings. The molecule has 0 aliphatic carbocycles. The van der Waals surface area contributed by atoms with E-state index >= 15 is 0 Å². The summed E-state index contributed by atoms with van der Waals surface area (Å²) in [4.78, 5) is 11.5. The molecule has 1 aromatic carbocycles. The van der Waals surface area contributed by atoms with Crippen molar-refractivity contribution in [3.8, 4) is 5.75 Å². The maximum Gasteiger partial charge on any atom is 0.332 e. The minimum atomic E-state index is -0.553. The zero-order chi connectivity index (χ0) is 14.1. The van der Waals surface area contributed by atoms with E-state index in [0.717, 1.165) is 24.2 Å². The van der Waals surface area contributed by atoms with Crippen molar-refractivity contribution in [1.29, 1.82) is 0 Å². The van der Waals surface area contributed by atoms with Crippen molar-refractivity contribution in [3.05, 3.63) is 35.9 Å². The van der Waals surface area contributed by atoms with Gasteiger partial charge in [0.05, 0.1) is 7.11 Å². The summed E-state index contributed by atoms with van der Waals surface area (Å²) in [7, 11) is 1.60. The lowest BCUT2D eigenvalue weighted by Gasteiger charge is -2.08. The highest BCUT2D eigenvalue weighted by atomic mass is 35.5. The quantitative estimate of drug-likeness (QED) is 0.431. The summed E-state index contributed by atoms with van der Waals surface area (Å²) in [6, 6.07) is 7.41. The van der Waals surface area contributed by atoms with E-state index in [1.807, 2.05) is 24.3 Å². The number of carbonyl (C=O) groups is 1. The molecule has 0 aliphatic rings. The topological polar surface area (TPSA) is 35.5 Å². The van der Waals surface area contributed by atoms with Gasteiger partial charge in [-0.3, -0.25) is 0 Å². The van der Waals surface area contributed by atoms with Crippen molar-refractivity contribution in [1.82, 2.24) is 0 Å². The second-order valence-corrected chi connectivity index (χ2v) is 4.59. The lowest BCUT2D eigenvalue weighted by molar-refractivity contribution is -0.139. The van der Waals surface area contributed by atoms with Gasteiger partial charge in [-0.15, -0.1) is 0 Å². The van der Waals surface area contributed by atoms with Gasteiger partial charge in [0, 0.05) is 6.08 Å². The summed E-state index contributed by atoms with van der Waals surface area (Å²) in [5, 5.41) is 0. The van der Waals surface area contributed by atoms with Gasteiger partial charge in [0.1, 0.15) is 5.75 Å². The third kappa shape index (κ3) is 6.30. The van der Waals surface area contributed by atoms with E-state index in [4.69, 9.17) is 21.1 Å². The van der Waals surface area contributed by atoms with Crippen molar-refractivity contribution in [2.75, 3.05) is 7.11 Å². The fourth-order valence-corrected chi connectivity index (χ4v) is 1.74. The molecule has 1 aromatic rings. The Kier molecular flexibility index (Phi) is 7.04. The predicted octanol–water partition coefficient (Wildman–Crippen LogP) is 4.01. The molecule has 1 unspecified atom stereocenters. The summed E-state index contributed by atoms with van der Waals surface area (Å²) in [6.07, 6.45) is 5.70. The second kappa shape index (κ2) is 8.59. The van der Waals surface area contributed by atoms with Crippen molar-refractivity contribution in [2.24, 2.45) is 0 Å². The van der Waals surface area contributed by atoms with Crippen LogP contribution in [0.15, 0.2) is 30.3 Å². The van der Waals surface area contributed by atoms with Gasteiger partial charge in [0.15, 0.2) is 5.56 Å². The highest BCUT2D eigenvalue weighted by molar-refractivity contribution is 6.20. The summed E-state index contributed by atoms with van der Waals surface area (Å²) >= 11 is 5.89. The van der Waals surface area contributed by atoms with Crippen molar-refractivity contribution >= 4 is 23.6 Å². The Bertz CT molecular complexity index is 429. The first-order valence-corrected chi connectivity index (χ1v) is 6.76. The largest absolute Gasteiger partial charge is 0.497 e. The Morgan fingerprint density at radius 3 is 2.95 bits per heavy atom. The molecule has 3 nitrogen and oxygen atoms in total. The Morgan fingerprint density at radius 2 is 2.26 bits per heavy atom. The van der Waals surface area contributed by atoms with Crippen LogP contribution in [0.4, 0.5) is 0 Å². The molecule has 19 heavy (non-hydrogen) atoms. The van der Waals surface area contributed by atoms with Crippen molar-refractivity contribution < 1.29 is 14.3 Å². The van der Waals surface area contributed by atoms with Crippen molar-refractivity contribution in [3.63, 3.8) is 0 Å². The molecule has 0 radical (unpaired) electrons. The molecule has 0 aromatic heterocycles. The number of unbranched alkanes of at least 4 members (excludes halogenated alkanes) is 1. The highest BCUT2D eigenvalue weighted by Crippen LogP contribution is 2.14. The van der Waals surface area contributed by atoms with Gasteiger partial charge in [-0.05, 0) is 36.6 Å². The SMILES string of the molecule is CCCCC(Cl)OC(=O)/C=C/c1cccc(OC)c1. The molecule has 0 amide bonds. The first-order chi connectivity index (χ1) is 9.15. The minimum Gasteiger partial charge on any atom is -0.497 e. The van der Waals surface area contributed by atoms with Gasteiger partial charge >= 0.3 is 5.97 Å². The standard InChI is InChI=1S/C15H19ClO3/c1-3-4-8-14(16)19-15(17)10-9-12-6-5-7-13(11-12)18-2/h5-7,9-11,14H,3-4,8H2,1-2H3/b10-9+. The van der Waals surface area contributed by atoms with Crippen LogP contribution in [0, 0.1) is 0 Å². The van der Waals surface area contributed by atoms with Crippen LogP contribution in [0.2, 0.25) is 0 Å². The number of ether oxygens (including phenoxy) is 2. The summed E-state index contributed by atoms with van der Waals surface area (Å²) in [5.41, 5.74) is 0.318. The zero-order valence-electron chi connectivity index (χ0n) is 11.3. The maximum atomic E-state index is 11.5. The lowest BCUT2D eigenvalue weighted by atomic mass is 10.2. The molecular formula is C15H19ClO3. The second-order valence-electron chi connectivity index (χ2n) is 4.10. The molecule has 1 atom stereocenters. The van der Waals surface area contributed by atoms with Gasteiger partial charge in [0.25, 0.3) is 0 Å². The van der Waals surface area contributed by atoms with Crippen LogP contribution in [0.25, 0.3) is 6.08 Å². The Morgan fingerprint density at radius 1 is 1.47 bits per heavy atom. The molecule has 0 bridgehead atoms. The molecule has 0 heterocycles. The van der Waals surface area contributed by atoms with E-state index in [2.05, 4.69) is 6.92 Å². The smallest absolute Gasteiger partial charge is 0.332 e. The number of carbonyl (C=O) groups excluding carboxylic acids is 1. The molecule has 4 heteroatoms. The van der Waals surface area contributed by atoms with Gasteiger partial charge in [-0.1, -0.05) is 37.1 Å². The van der Waals surface area contributed by atoms with Crippen molar-refractivity contribution in [2.45, 2.75) is 31.7 Å². The number of hydrogen-bond donors (Lipinski definition) is 0. The Hall–Kier alpha value is -1.48. The van der Waals surface area contributed by atoms with Gasteiger partial charge < -0.3 is 9.47 Å². The lowest BCUT2D eigenvalue weighted by Crippen LogP contribution is -2.10. The number of alkyl halides is 1. The summed E-state index contributed by atoms with van der Waals surface area (Å²) in [5.74, 6) is 0.313. The third-order valence-corrected chi connectivity index (χ3v) is 2.84. The van der Waals surface area contributed by atoms with Crippen LogP contribution in [-0.4, -0.2) is 18.6 Å². The maximum absolute atomic E-state index is 11.5. The monoisotopic (exact) mass is 282 g/mol. The zero-order valence-corrected chi connectivity index (χ0v) is 12.0. The molecular weight excluding hydrogens is 264 g/mol. The van der Waals surface area contributed by atoms with E-state index < -0.39 is 11.5 Å². The molecule has 0 N–H and O–H groups in total. The molecule has 1 rings (SSSR count). The van der Waals surface area contributed by atoms with E-state index in [0.29, 0.717) is 6.42 Å². The van der Waals surface area contributed by atoms with Crippen LogP contribution < -0.4 is 4.74 Å². The first kappa shape index (κ1) is 15.6. The predicted molar refractivity (Wildman–Crippen MR) is 77.3 cm³/mol. The molecule has 0 saturated carbocycles. The number of methoxy groups -OCH3 is 1. The first-order valence-electron chi connectivity index (χ1n) is 6.32. The van der Waals surface area contributed by atoms with E-state index in [-0.39, 0.29) is 0 Å². The van der Waals surface area contributed by atoms with Crippen LogP contribution in [0.5, 0.6) is 5.75 Å². The van der Waals surface area contributed by atoms with Crippen LogP contribution in [-0.2, 0) is 9.53 Å². The molecule has 0 saturated heterocycles. The van der Waals surface area contributed by atoms with Gasteiger partial charge in [-0.2, -0.15) is 0 Å². The Balaban J connectivity index is 2.48. The van der Waals surface area contributed by atoms with Gasteiger partial charge in [-0.25, -0.2) is 4.79 Å². The van der Waals surface area contributed by atoms with E-state index in [1.165, 1.54) is 6.08 Å². The number of hydrogen-bond acceptors (Lipinski definition) is 3. The summed E-state index contributed by atoms with van der Waals surface area (Å²) in [6.45, 7) is 2.06. The normalized spacial score (nSPS) is 12.4. The fourth-order valence-electron chi connectivity index (χ4n) is 1.50. The average molecular weight is 283 g/mol. The van der Waals surface area contributed by atoms with Crippen LogP contribution in [0.1, 0.15) is 31.7 Å².